The highest BCUT2D eigenvalue weighted by atomic mass is 16.7. The maximum absolute atomic E-state index is 6.08. The molecule has 0 saturated carbocycles. The third-order valence-corrected chi connectivity index (χ3v) is 4.47. The van der Waals surface area contributed by atoms with Crippen LogP contribution in [0.1, 0.15) is 17.9 Å². The lowest BCUT2D eigenvalue weighted by atomic mass is 10.1. The first-order valence-corrected chi connectivity index (χ1v) is 9.44. The molecule has 8 heteroatoms. The lowest BCUT2D eigenvalue weighted by Crippen LogP contribution is -2.22. The van der Waals surface area contributed by atoms with Gasteiger partial charge in [-0.3, -0.25) is 4.98 Å². The molecule has 0 amide bonds. The van der Waals surface area contributed by atoms with E-state index < -0.39 is 6.29 Å². The molecule has 4 aromatic rings. The smallest absolute Gasteiger partial charge is 0.200 e. The molecule has 148 valence electrons. The van der Waals surface area contributed by atoms with Crippen molar-refractivity contribution in [2.75, 3.05) is 12.4 Å². The van der Waals surface area contributed by atoms with Crippen molar-refractivity contribution >= 4 is 16.6 Å². The van der Waals surface area contributed by atoms with E-state index in [0.29, 0.717) is 25.3 Å². The molecule has 1 unspecified atom stereocenters. The number of tetrazole rings is 1. The second-order valence-corrected chi connectivity index (χ2v) is 6.49. The number of rotatable bonds is 9. The predicted octanol–water partition coefficient (Wildman–Crippen LogP) is 3.34. The number of aromatic nitrogens is 5. The van der Waals surface area contributed by atoms with Gasteiger partial charge in [0.15, 0.2) is 0 Å². The lowest BCUT2D eigenvalue weighted by molar-refractivity contribution is -0.0941. The summed E-state index contributed by atoms with van der Waals surface area (Å²) in [4.78, 5) is 4.71. The van der Waals surface area contributed by atoms with Crippen molar-refractivity contribution in [3.05, 3.63) is 72.2 Å². The standard InChI is InChI=1S/C21H22N6O2/c1-22-19-13-15(23-18-10-6-5-9-17(18)19)14-28-21(12-11-20-24-26-27-25-20)29-16-7-3-2-4-8-16/h2-10,13,21H,11-12,14H2,1H3,(H,22,23)(H,24,25,26,27). The number of anilines is 1. The summed E-state index contributed by atoms with van der Waals surface area (Å²) in [6.45, 7) is 0.325. The van der Waals surface area contributed by atoms with Crippen LogP contribution in [0.5, 0.6) is 5.75 Å². The number of nitrogens with zero attached hydrogens (tertiary/aromatic N) is 4. The molecule has 0 spiro atoms. The van der Waals surface area contributed by atoms with Gasteiger partial charge in [0.1, 0.15) is 11.6 Å². The third kappa shape index (κ3) is 4.85. The summed E-state index contributed by atoms with van der Waals surface area (Å²) in [6, 6.07) is 19.6. The number of para-hydroxylation sites is 2. The summed E-state index contributed by atoms with van der Waals surface area (Å²) >= 11 is 0. The zero-order chi connectivity index (χ0) is 19.9. The maximum atomic E-state index is 6.08. The predicted molar refractivity (Wildman–Crippen MR) is 109 cm³/mol. The van der Waals surface area contributed by atoms with Gasteiger partial charge in [-0.1, -0.05) is 36.4 Å². The molecule has 0 aliphatic heterocycles. The molecular formula is C21H22N6O2. The van der Waals surface area contributed by atoms with E-state index in [9.17, 15) is 0 Å². The number of hydrogen-bond acceptors (Lipinski definition) is 7. The topological polar surface area (TPSA) is 97.8 Å². The summed E-state index contributed by atoms with van der Waals surface area (Å²) in [5.74, 6) is 1.44. The fourth-order valence-corrected chi connectivity index (χ4v) is 3.06. The van der Waals surface area contributed by atoms with E-state index in [1.54, 1.807) is 0 Å². The van der Waals surface area contributed by atoms with Crippen molar-refractivity contribution < 1.29 is 9.47 Å². The fraction of sp³-hybridized carbons (Fsp3) is 0.238. The molecule has 0 aliphatic carbocycles. The summed E-state index contributed by atoms with van der Waals surface area (Å²) in [5, 5.41) is 18.2. The molecule has 2 aromatic carbocycles. The van der Waals surface area contributed by atoms with Crippen molar-refractivity contribution in [3.8, 4) is 5.75 Å². The van der Waals surface area contributed by atoms with Gasteiger partial charge in [0, 0.05) is 31.0 Å². The molecule has 29 heavy (non-hydrogen) atoms. The Hall–Kier alpha value is -3.52. The van der Waals surface area contributed by atoms with Gasteiger partial charge in [-0.2, -0.15) is 0 Å². The van der Waals surface area contributed by atoms with Gasteiger partial charge in [-0.05, 0) is 34.7 Å². The van der Waals surface area contributed by atoms with Crippen LogP contribution in [-0.4, -0.2) is 38.9 Å². The highest BCUT2D eigenvalue weighted by Gasteiger charge is 2.14. The van der Waals surface area contributed by atoms with E-state index in [1.807, 2.05) is 67.7 Å². The Kier molecular flexibility index (Phi) is 5.92. The molecule has 0 aliphatic rings. The van der Waals surface area contributed by atoms with Crippen molar-refractivity contribution in [2.24, 2.45) is 0 Å². The summed E-state index contributed by atoms with van der Waals surface area (Å²) < 4.78 is 12.1. The van der Waals surface area contributed by atoms with Crippen molar-refractivity contribution in [2.45, 2.75) is 25.7 Å². The van der Waals surface area contributed by atoms with Crippen LogP contribution in [0.25, 0.3) is 10.9 Å². The van der Waals surface area contributed by atoms with Gasteiger partial charge in [-0.25, -0.2) is 5.10 Å². The average Bonchev–Trinajstić information content (AvgIpc) is 3.29. The first-order chi connectivity index (χ1) is 14.3. The molecule has 2 N–H and O–H groups in total. The van der Waals surface area contributed by atoms with Gasteiger partial charge in [0.2, 0.25) is 6.29 Å². The molecule has 0 bridgehead atoms. The first kappa shape index (κ1) is 18.8. The number of aromatic amines is 1. The zero-order valence-electron chi connectivity index (χ0n) is 16.1. The second-order valence-electron chi connectivity index (χ2n) is 6.49. The number of hydrogen-bond donors (Lipinski definition) is 2. The van der Waals surface area contributed by atoms with Gasteiger partial charge in [0.05, 0.1) is 17.8 Å². The Labute approximate surface area is 168 Å². The molecule has 0 radical (unpaired) electrons. The monoisotopic (exact) mass is 390 g/mol. The molecule has 4 rings (SSSR count). The molecule has 0 fully saturated rings. The number of benzene rings is 2. The van der Waals surface area contributed by atoms with Gasteiger partial charge >= 0.3 is 0 Å². The van der Waals surface area contributed by atoms with Crippen LogP contribution in [0.3, 0.4) is 0 Å². The highest BCUT2D eigenvalue weighted by Crippen LogP contribution is 2.23. The van der Waals surface area contributed by atoms with E-state index in [1.165, 1.54) is 0 Å². The van der Waals surface area contributed by atoms with E-state index in [-0.39, 0.29) is 0 Å². The normalized spacial score (nSPS) is 12.0. The van der Waals surface area contributed by atoms with Gasteiger partial charge in [-0.15, -0.1) is 5.10 Å². The summed E-state index contributed by atoms with van der Waals surface area (Å²) in [6.07, 6.45) is 0.740. The minimum atomic E-state index is -0.464. The van der Waals surface area contributed by atoms with E-state index in [0.717, 1.165) is 28.0 Å². The van der Waals surface area contributed by atoms with E-state index in [4.69, 9.17) is 14.5 Å². The molecule has 1 atom stereocenters. The van der Waals surface area contributed by atoms with Crippen LogP contribution in [0.4, 0.5) is 5.69 Å². The van der Waals surface area contributed by atoms with Gasteiger partial charge in [0.25, 0.3) is 0 Å². The first-order valence-electron chi connectivity index (χ1n) is 9.44. The van der Waals surface area contributed by atoms with Crippen LogP contribution >= 0.6 is 0 Å². The minimum Gasteiger partial charge on any atom is -0.465 e. The SMILES string of the molecule is CNc1cc(COC(CCc2nnn[nH]2)Oc2ccccc2)nc2ccccc12. The van der Waals surface area contributed by atoms with Crippen LogP contribution in [0, 0.1) is 0 Å². The molecular weight excluding hydrogens is 368 g/mol. The Bertz CT molecular complexity index is 1040. The Morgan fingerprint density at radius 3 is 2.69 bits per heavy atom. The fourth-order valence-electron chi connectivity index (χ4n) is 3.06. The third-order valence-electron chi connectivity index (χ3n) is 4.47. The molecule has 0 saturated heterocycles. The number of fused-ring (bicyclic) bond motifs is 1. The second kappa shape index (κ2) is 9.11. The lowest BCUT2D eigenvalue weighted by Gasteiger charge is -2.19. The number of pyridine rings is 1. The zero-order valence-corrected chi connectivity index (χ0v) is 16.1. The molecule has 8 nitrogen and oxygen atoms in total. The summed E-state index contributed by atoms with van der Waals surface area (Å²) in [5.41, 5.74) is 2.77. The number of aryl methyl sites for hydroxylation is 1. The summed E-state index contributed by atoms with van der Waals surface area (Å²) in [7, 11) is 1.90. The van der Waals surface area contributed by atoms with Crippen LogP contribution in [0.2, 0.25) is 0 Å². The van der Waals surface area contributed by atoms with Crippen molar-refractivity contribution in [1.29, 1.82) is 0 Å². The van der Waals surface area contributed by atoms with Crippen LogP contribution in [0.15, 0.2) is 60.7 Å². The maximum Gasteiger partial charge on any atom is 0.200 e. The number of ether oxygens (including phenoxy) is 2. The van der Waals surface area contributed by atoms with E-state index in [2.05, 4.69) is 25.9 Å². The van der Waals surface area contributed by atoms with Crippen LogP contribution in [-0.2, 0) is 17.8 Å². The van der Waals surface area contributed by atoms with E-state index >= 15 is 0 Å². The van der Waals surface area contributed by atoms with Gasteiger partial charge < -0.3 is 14.8 Å². The number of H-pyrrole nitrogens is 1. The van der Waals surface area contributed by atoms with Crippen molar-refractivity contribution in [3.63, 3.8) is 0 Å². The Balaban J connectivity index is 1.48. The van der Waals surface area contributed by atoms with Crippen molar-refractivity contribution in [1.82, 2.24) is 25.6 Å². The molecule has 2 heterocycles. The largest absolute Gasteiger partial charge is 0.465 e. The average molecular weight is 390 g/mol. The Morgan fingerprint density at radius 1 is 1.07 bits per heavy atom. The highest BCUT2D eigenvalue weighted by molar-refractivity contribution is 5.91. The van der Waals surface area contributed by atoms with Crippen LogP contribution < -0.4 is 10.1 Å². The number of nitrogens with one attached hydrogen (secondary N) is 2. The molecule has 2 aromatic heterocycles. The Morgan fingerprint density at radius 2 is 1.90 bits per heavy atom. The quantitative estimate of drug-likeness (QED) is 0.423. The minimum absolute atomic E-state index is 0.325.